The summed E-state index contributed by atoms with van der Waals surface area (Å²) >= 11 is 0. The van der Waals surface area contributed by atoms with Gasteiger partial charge in [-0.3, -0.25) is 9.88 Å². The van der Waals surface area contributed by atoms with Gasteiger partial charge >= 0.3 is 0 Å². The molecule has 1 N–H and O–H groups in total. The van der Waals surface area contributed by atoms with E-state index < -0.39 is 6.10 Å². The Balaban J connectivity index is 1.37. The molecule has 5 nitrogen and oxygen atoms in total. The number of piperidine rings is 1. The second kappa shape index (κ2) is 6.94. The number of para-hydroxylation sites is 1. The van der Waals surface area contributed by atoms with Crippen LogP contribution in [-0.2, 0) is 13.6 Å². The van der Waals surface area contributed by atoms with Crippen LogP contribution in [0.25, 0.3) is 10.9 Å². The van der Waals surface area contributed by atoms with Gasteiger partial charge in [0.15, 0.2) is 0 Å². The van der Waals surface area contributed by atoms with Crippen LogP contribution in [0, 0.1) is 5.92 Å². The number of pyridine rings is 1. The van der Waals surface area contributed by atoms with Crippen molar-refractivity contribution >= 4 is 10.9 Å². The zero-order valence-electron chi connectivity index (χ0n) is 14.5. The van der Waals surface area contributed by atoms with Crippen LogP contribution >= 0.6 is 0 Å². The van der Waals surface area contributed by atoms with Crippen LogP contribution in [0.1, 0.15) is 30.5 Å². The summed E-state index contributed by atoms with van der Waals surface area (Å²) in [5.74, 6) is 1.05. The van der Waals surface area contributed by atoms with Crippen molar-refractivity contribution in [3.63, 3.8) is 0 Å². The summed E-state index contributed by atoms with van der Waals surface area (Å²) in [6.45, 7) is 2.84. The number of hydrogen-bond acceptors (Lipinski definition) is 4. The van der Waals surface area contributed by atoms with E-state index in [9.17, 15) is 5.11 Å². The number of benzene rings is 1. The molecule has 130 valence electrons. The molecule has 1 saturated heterocycles. The Labute approximate surface area is 147 Å². The Morgan fingerprint density at radius 2 is 1.96 bits per heavy atom. The lowest BCUT2D eigenvalue weighted by molar-refractivity contribution is 0.0489. The molecule has 0 aliphatic carbocycles. The van der Waals surface area contributed by atoms with Crippen molar-refractivity contribution in [3.8, 4) is 0 Å². The van der Waals surface area contributed by atoms with E-state index in [2.05, 4.69) is 34.1 Å². The van der Waals surface area contributed by atoms with Crippen molar-refractivity contribution < 1.29 is 5.11 Å². The van der Waals surface area contributed by atoms with Gasteiger partial charge in [-0.15, -0.1) is 0 Å². The van der Waals surface area contributed by atoms with Crippen molar-refractivity contribution in [3.05, 3.63) is 60.3 Å². The number of aryl methyl sites for hydroxylation is 1. The van der Waals surface area contributed by atoms with Gasteiger partial charge in [-0.1, -0.05) is 24.3 Å². The highest BCUT2D eigenvalue weighted by Crippen LogP contribution is 2.30. The number of fused-ring (bicyclic) bond motifs is 1. The normalized spacial score (nSPS) is 17.8. The number of nitrogens with zero attached hydrogens (tertiary/aromatic N) is 4. The second-order valence-corrected chi connectivity index (χ2v) is 6.95. The highest BCUT2D eigenvalue weighted by Gasteiger charge is 2.28. The first-order valence-electron chi connectivity index (χ1n) is 8.93. The third kappa shape index (κ3) is 3.43. The number of aliphatic hydroxyl groups excluding tert-OH is 1. The van der Waals surface area contributed by atoms with Crippen LogP contribution < -0.4 is 0 Å². The smallest absolute Gasteiger partial charge is 0.137 e. The molecule has 0 radical (unpaired) electrons. The minimum Gasteiger partial charge on any atom is -0.385 e. The van der Waals surface area contributed by atoms with E-state index in [4.69, 9.17) is 4.98 Å². The number of likely N-dealkylation sites (tertiary alicyclic amines) is 1. The summed E-state index contributed by atoms with van der Waals surface area (Å²) < 4.78 is 1.91. The number of rotatable bonds is 4. The maximum absolute atomic E-state index is 10.6. The van der Waals surface area contributed by atoms with E-state index >= 15 is 0 Å². The first-order valence-corrected chi connectivity index (χ1v) is 8.93. The number of imidazole rings is 1. The van der Waals surface area contributed by atoms with Crippen molar-refractivity contribution in [2.75, 3.05) is 13.1 Å². The third-order valence-electron chi connectivity index (χ3n) is 5.24. The summed E-state index contributed by atoms with van der Waals surface area (Å²) in [5, 5.41) is 11.8. The van der Waals surface area contributed by atoms with Gasteiger partial charge in [0.25, 0.3) is 0 Å². The summed E-state index contributed by atoms with van der Waals surface area (Å²) in [5.41, 5.74) is 2.17. The van der Waals surface area contributed by atoms with Gasteiger partial charge in [0.05, 0.1) is 11.2 Å². The molecule has 25 heavy (non-hydrogen) atoms. The molecule has 0 saturated carbocycles. The average molecular weight is 336 g/mol. The van der Waals surface area contributed by atoms with Gasteiger partial charge in [-0.2, -0.15) is 0 Å². The Kier molecular flexibility index (Phi) is 4.51. The van der Waals surface area contributed by atoms with Gasteiger partial charge < -0.3 is 9.67 Å². The predicted molar refractivity (Wildman–Crippen MR) is 97.9 cm³/mol. The fourth-order valence-corrected chi connectivity index (χ4v) is 3.73. The Morgan fingerprint density at radius 3 is 2.72 bits per heavy atom. The van der Waals surface area contributed by atoms with Crippen LogP contribution in [-0.4, -0.2) is 37.6 Å². The second-order valence-electron chi connectivity index (χ2n) is 6.95. The topological polar surface area (TPSA) is 54.2 Å². The van der Waals surface area contributed by atoms with Crippen molar-refractivity contribution in [2.24, 2.45) is 13.0 Å². The van der Waals surface area contributed by atoms with Crippen molar-refractivity contribution in [2.45, 2.75) is 25.5 Å². The van der Waals surface area contributed by atoms with E-state index in [1.54, 1.807) is 6.20 Å². The minimum absolute atomic E-state index is 0.280. The standard InChI is InChI=1S/C20H24N4O/c1-23-13-10-21-20(23)19(25)16-8-11-24(12-9-16)14-17-7-6-15-4-2-3-5-18(15)22-17/h2-7,10,13,16,19,25H,8-9,11-12,14H2,1H3. The number of aliphatic hydroxyl groups is 1. The molecule has 1 aromatic carbocycles. The van der Waals surface area contributed by atoms with Crippen LogP contribution in [0.3, 0.4) is 0 Å². The highest BCUT2D eigenvalue weighted by atomic mass is 16.3. The average Bonchev–Trinajstić information content (AvgIpc) is 3.08. The summed E-state index contributed by atoms with van der Waals surface area (Å²) in [6.07, 6.45) is 5.14. The molecule has 1 fully saturated rings. The first kappa shape index (κ1) is 16.2. The molecule has 1 atom stereocenters. The highest BCUT2D eigenvalue weighted by molar-refractivity contribution is 5.78. The molecule has 2 aromatic heterocycles. The van der Waals surface area contributed by atoms with Crippen LogP contribution in [0.2, 0.25) is 0 Å². The van der Waals surface area contributed by atoms with Gasteiger partial charge in [-0.25, -0.2) is 4.98 Å². The zero-order valence-corrected chi connectivity index (χ0v) is 14.5. The van der Waals surface area contributed by atoms with Gasteiger partial charge in [0.2, 0.25) is 0 Å². The lowest BCUT2D eigenvalue weighted by atomic mass is 9.90. The molecular weight excluding hydrogens is 312 g/mol. The summed E-state index contributed by atoms with van der Waals surface area (Å²) in [7, 11) is 1.94. The lowest BCUT2D eigenvalue weighted by Gasteiger charge is -2.33. The number of aromatic nitrogens is 3. The summed E-state index contributed by atoms with van der Waals surface area (Å²) in [6, 6.07) is 12.5. The Hall–Kier alpha value is -2.24. The molecule has 1 unspecified atom stereocenters. The van der Waals surface area contributed by atoms with E-state index in [0.717, 1.165) is 49.5 Å². The lowest BCUT2D eigenvalue weighted by Crippen LogP contribution is -2.35. The molecule has 1 aliphatic rings. The number of hydrogen-bond donors (Lipinski definition) is 1. The van der Waals surface area contributed by atoms with Crippen LogP contribution in [0.5, 0.6) is 0 Å². The third-order valence-corrected chi connectivity index (χ3v) is 5.24. The fourth-order valence-electron chi connectivity index (χ4n) is 3.73. The first-order chi connectivity index (χ1) is 12.2. The van der Waals surface area contributed by atoms with Crippen LogP contribution in [0.15, 0.2) is 48.8 Å². The SMILES string of the molecule is Cn1ccnc1C(O)C1CCN(Cc2ccc3ccccc3n2)CC1. The van der Waals surface area contributed by atoms with E-state index in [1.165, 1.54) is 5.39 Å². The molecule has 0 amide bonds. The van der Waals surface area contributed by atoms with E-state index in [-0.39, 0.29) is 5.92 Å². The van der Waals surface area contributed by atoms with Gasteiger partial charge in [0, 0.05) is 31.4 Å². The monoisotopic (exact) mass is 336 g/mol. The van der Waals surface area contributed by atoms with E-state index in [1.807, 2.05) is 29.9 Å². The van der Waals surface area contributed by atoms with Gasteiger partial charge in [0.1, 0.15) is 11.9 Å². The molecule has 3 aromatic rings. The van der Waals surface area contributed by atoms with E-state index in [0.29, 0.717) is 0 Å². The molecular formula is C20H24N4O. The minimum atomic E-state index is -0.471. The molecule has 0 spiro atoms. The predicted octanol–water partition coefficient (Wildman–Crippen LogP) is 2.91. The molecule has 0 bridgehead atoms. The maximum Gasteiger partial charge on any atom is 0.137 e. The molecule has 1 aliphatic heterocycles. The van der Waals surface area contributed by atoms with Crippen LogP contribution in [0.4, 0.5) is 0 Å². The molecule has 3 heterocycles. The Morgan fingerprint density at radius 1 is 1.16 bits per heavy atom. The fraction of sp³-hybridized carbons (Fsp3) is 0.400. The zero-order chi connectivity index (χ0) is 17.2. The maximum atomic E-state index is 10.6. The molecule has 4 rings (SSSR count). The Bertz CT molecular complexity index is 852. The van der Waals surface area contributed by atoms with Gasteiger partial charge in [-0.05, 0) is 44.0 Å². The van der Waals surface area contributed by atoms with Crippen molar-refractivity contribution in [1.82, 2.24) is 19.4 Å². The summed E-state index contributed by atoms with van der Waals surface area (Å²) in [4.78, 5) is 11.5. The quantitative estimate of drug-likeness (QED) is 0.796. The molecule has 5 heteroatoms. The largest absolute Gasteiger partial charge is 0.385 e. The van der Waals surface area contributed by atoms with Crippen molar-refractivity contribution in [1.29, 1.82) is 0 Å².